The van der Waals surface area contributed by atoms with Crippen LogP contribution in [0.4, 0.5) is 0 Å². The molecule has 2 N–H and O–H groups in total. The van der Waals surface area contributed by atoms with Crippen molar-refractivity contribution in [1.29, 1.82) is 0 Å². The monoisotopic (exact) mass is 272 g/mol. The molecule has 1 heterocycles. The van der Waals surface area contributed by atoms with Gasteiger partial charge in [-0.05, 0) is 19.1 Å². The Morgan fingerprint density at radius 2 is 2.10 bits per heavy atom. The minimum absolute atomic E-state index is 0.0393. The van der Waals surface area contributed by atoms with Gasteiger partial charge in [0.1, 0.15) is 11.5 Å². The number of ether oxygens (including phenoxy) is 1. The predicted octanol–water partition coefficient (Wildman–Crippen LogP) is 2.29. The molecule has 5 nitrogen and oxygen atoms in total. The van der Waals surface area contributed by atoms with E-state index < -0.39 is 0 Å². The van der Waals surface area contributed by atoms with Crippen LogP contribution >= 0.6 is 0 Å². The average Bonchev–Trinajstić information content (AvgIpc) is 2.47. The van der Waals surface area contributed by atoms with Crippen LogP contribution in [0.1, 0.15) is 28.9 Å². The van der Waals surface area contributed by atoms with Gasteiger partial charge in [0.25, 0.3) is 5.91 Å². The lowest BCUT2D eigenvalue weighted by molar-refractivity contribution is 0.0938. The van der Waals surface area contributed by atoms with Crippen molar-refractivity contribution in [3.05, 3.63) is 53.9 Å². The van der Waals surface area contributed by atoms with Gasteiger partial charge in [0.15, 0.2) is 0 Å². The number of hydrogen-bond acceptors (Lipinski definition) is 4. The Morgan fingerprint density at radius 3 is 2.80 bits per heavy atom. The lowest BCUT2D eigenvalue weighted by Crippen LogP contribution is -2.27. The van der Waals surface area contributed by atoms with Crippen LogP contribution in [-0.4, -0.2) is 23.1 Å². The largest absolute Gasteiger partial charge is 0.506 e. The molecule has 0 spiro atoms. The highest BCUT2D eigenvalue weighted by molar-refractivity contribution is 5.94. The second-order valence-corrected chi connectivity index (χ2v) is 4.37. The van der Waals surface area contributed by atoms with E-state index in [2.05, 4.69) is 10.3 Å². The number of nitrogens with zero attached hydrogens (tertiary/aromatic N) is 1. The fourth-order valence-electron chi connectivity index (χ4n) is 1.93. The van der Waals surface area contributed by atoms with Crippen molar-refractivity contribution in [2.75, 3.05) is 7.11 Å². The fourth-order valence-corrected chi connectivity index (χ4v) is 1.93. The summed E-state index contributed by atoms with van der Waals surface area (Å²) in [6.45, 7) is 1.87. The molecule has 0 aliphatic rings. The van der Waals surface area contributed by atoms with Gasteiger partial charge in [-0.3, -0.25) is 9.78 Å². The van der Waals surface area contributed by atoms with E-state index >= 15 is 0 Å². The van der Waals surface area contributed by atoms with Gasteiger partial charge in [-0.15, -0.1) is 0 Å². The Bertz CT molecular complexity index is 614. The molecular formula is C15H16N2O3. The van der Waals surface area contributed by atoms with Crippen LogP contribution in [0.5, 0.6) is 11.5 Å². The van der Waals surface area contributed by atoms with Gasteiger partial charge >= 0.3 is 0 Å². The van der Waals surface area contributed by atoms with E-state index in [1.165, 1.54) is 18.5 Å². The van der Waals surface area contributed by atoms with Gasteiger partial charge in [-0.1, -0.05) is 18.2 Å². The molecule has 1 atom stereocenters. The zero-order valence-corrected chi connectivity index (χ0v) is 11.3. The maximum atomic E-state index is 12.1. The smallest absolute Gasteiger partial charge is 0.253 e. The van der Waals surface area contributed by atoms with Crippen molar-refractivity contribution in [1.82, 2.24) is 10.3 Å². The van der Waals surface area contributed by atoms with Crippen molar-refractivity contribution in [2.45, 2.75) is 13.0 Å². The highest BCUT2D eigenvalue weighted by atomic mass is 16.5. The van der Waals surface area contributed by atoms with Crippen molar-refractivity contribution in [3.8, 4) is 11.5 Å². The minimum Gasteiger partial charge on any atom is -0.506 e. The number of hydrogen-bond donors (Lipinski definition) is 2. The maximum absolute atomic E-state index is 12.1. The number of carbonyl (C=O) groups is 1. The molecule has 0 saturated heterocycles. The molecule has 1 aromatic carbocycles. The van der Waals surface area contributed by atoms with Crippen LogP contribution in [0.15, 0.2) is 42.7 Å². The number of nitrogens with one attached hydrogen (secondary N) is 1. The number of para-hydroxylation sites is 1. The first-order valence-electron chi connectivity index (χ1n) is 6.19. The van der Waals surface area contributed by atoms with Gasteiger partial charge in [-0.25, -0.2) is 0 Å². The summed E-state index contributed by atoms with van der Waals surface area (Å²) in [6.07, 6.45) is 2.68. The first-order valence-corrected chi connectivity index (χ1v) is 6.19. The molecule has 0 aliphatic carbocycles. The number of carbonyl (C=O) groups excluding carboxylic acids is 1. The molecule has 2 aromatic rings. The molecule has 1 unspecified atom stereocenters. The molecule has 0 radical (unpaired) electrons. The topological polar surface area (TPSA) is 71.5 Å². The lowest BCUT2D eigenvalue weighted by Gasteiger charge is -2.17. The SMILES string of the molecule is COc1ccccc1C(C)NC(=O)c1cncc(O)c1. The average molecular weight is 272 g/mol. The van der Waals surface area contributed by atoms with Gasteiger partial charge < -0.3 is 15.2 Å². The molecule has 2 rings (SSSR count). The van der Waals surface area contributed by atoms with Crippen molar-refractivity contribution >= 4 is 5.91 Å². The van der Waals surface area contributed by atoms with Crippen LogP contribution < -0.4 is 10.1 Å². The van der Waals surface area contributed by atoms with Crippen molar-refractivity contribution in [2.24, 2.45) is 0 Å². The van der Waals surface area contributed by atoms with E-state index in [-0.39, 0.29) is 17.7 Å². The first kappa shape index (κ1) is 13.9. The van der Waals surface area contributed by atoms with Crippen molar-refractivity contribution < 1.29 is 14.6 Å². The van der Waals surface area contributed by atoms with Gasteiger partial charge in [0.2, 0.25) is 0 Å². The molecule has 20 heavy (non-hydrogen) atoms. The Labute approximate surface area is 117 Å². The Balaban J connectivity index is 2.15. The summed E-state index contributed by atoms with van der Waals surface area (Å²) in [4.78, 5) is 15.9. The molecule has 104 valence electrons. The summed E-state index contributed by atoms with van der Waals surface area (Å²) in [7, 11) is 1.59. The summed E-state index contributed by atoms with van der Waals surface area (Å²) in [5.74, 6) is 0.378. The van der Waals surface area contributed by atoms with Crippen LogP contribution in [0, 0.1) is 0 Å². The third-order valence-corrected chi connectivity index (χ3v) is 2.94. The van der Waals surface area contributed by atoms with E-state index in [1.54, 1.807) is 7.11 Å². The number of methoxy groups -OCH3 is 1. The second kappa shape index (κ2) is 6.06. The van der Waals surface area contributed by atoms with Crippen LogP contribution in [0.2, 0.25) is 0 Å². The van der Waals surface area contributed by atoms with E-state index in [9.17, 15) is 9.90 Å². The number of pyridine rings is 1. The summed E-state index contributed by atoms with van der Waals surface area (Å²) in [5.41, 5.74) is 1.20. The second-order valence-electron chi connectivity index (χ2n) is 4.37. The van der Waals surface area contributed by atoms with Gasteiger partial charge in [0, 0.05) is 11.8 Å². The standard InChI is InChI=1S/C15H16N2O3/c1-10(13-5-3-4-6-14(13)20-2)17-15(19)11-7-12(18)9-16-8-11/h3-10,18H,1-2H3,(H,17,19). The Morgan fingerprint density at radius 1 is 1.35 bits per heavy atom. The molecule has 0 saturated carbocycles. The van der Waals surface area contributed by atoms with Gasteiger partial charge in [-0.2, -0.15) is 0 Å². The van der Waals surface area contributed by atoms with E-state index in [4.69, 9.17) is 4.74 Å². The summed E-state index contributed by atoms with van der Waals surface area (Å²) < 4.78 is 5.27. The summed E-state index contributed by atoms with van der Waals surface area (Å²) in [6, 6.07) is 8.64. The van der Waals surface area contributed by atoms with E-state index in [0.29, 0.717) is 11.3 Å². The molecule has 1 aromatic heterocycles. The molecule has 1 amide bonds. The first-order chi connectivity index (χ1) is 9.61. The number of aromatic nitrogens is 1. The normalized spacial score (nSPS) is 11.7. The molecule has 0 aliphatic heterocycles. The number of rotatable bonds is 4. The minimum atomic E-state index is -0.299. The zero-order chi connectivity index (χ0) is 14.5. The third-order valence-electron chi connectivity index (χ3n) is 2.94. The van der Waals surface area contributed by atoms with Crippen molar-refractivity contribution in [3.63, 3.8) is 0 Å². The highest BCUT2D eigenvalue weighted by Gasteiger charge is 2.15. The van der Waals surface area contributed by atoms with Crippen LogP contribution in [-0.2, 0) is 0 Å². The Hall–Kier alpha value is -2.56. The number of aromatic hydroxyl groups is 1. The molecule has 5 heteroatoms. The fraction of sp³-hybridized carbons (Fsp3) is 0.200. The zero-order valence-electron chi connectivity index (χ0n) is 11.3. The molecular weight excluding hydrogens is 256 g/mol. The summed E-state index contributed by atoms with van der Waals surface area (Å²) in [5, 5.41) is 12.2. The predicted molar refractivity (Wildman–Crippen MR) is 74.8 cm³/mol. The maximum Gasteiger partial charge on any atom is 0.253 e. The summed E-state index contributed by atoms with van der Waals surface area (Å²) >= 11 is 0. The Kier molecular flexibility index (Phi) is 4.20. The number of benzene rings is 1. The molecule has 0 bridgehead atoms. The van der Waals surface area contributed by atoms with Gasteiger partial charge in [0.05, 0.1) is 24.9 Å². The van der Waals surface area contributed by atoms with Crippen LogP contribution in [0.3, 0.4) is 0 Å². The van der Waals surface area contributed by atoms with Crippen LogP contribution in [0.25, 0.3) is 0 Å². The lowest BCUT2D eigenvalue weighted by atomic mass is 10.1. The van der Waals surface area contributed by atoms with E-state index in [1.807, 2.05) is 31.2 Å². The number of amides is 1. The third kappa shape index (κ3) is 3.06. The highest BCUT2D eigenvalue weighted by Crippen LogP contribution is 2.24. The van der Waals surface area contributed by atoms with E-state index in [0.717, 1.165) is 5.56 Å². The molecule has 0 fully saturated rings. The quantitative estimate of drug-likeness (QED) is 0.895.